The monoisotopic (exact) mass is 277 g/mol. The number of hydrogen-bond donors (Lipinski definition) is 3. The summed E-state index contributed by atoms with van der Waals surface area (Å²) in [7, 11) is 0. The number of hydrogen-bond acceptors (Lipinski definition) is 5. The van der Waals surface area contributed by atoms with Crippen molar-refractivity contribution in [1.29, 1.82) is 0 Å². The largest absolute Gasteiger partial charge is 0.370 e. The van der Waals surface area contributed by atoms with Crippen LogP contribution in [-0.4, -0.2) is 35.5 Å². The predicted octanol–water partition coefficient (Wildman–Crippen LogP) is 1.41. The lowest BCUT2D eigenvalue weighted by molar-refractivity contribution is -0.122. The van der Waals surface area contributed by atoms with Gasteiger partial charge in [0.05, 0.1) is 0 Å². The quantitative estimate of drug-likeness (QED) is 0.626. The summed E-state index contributed by atoms with van der Waals surface area (Å²) in [5.41, 5.74) is 0. The molecule has 1 aliphatic carbocycles. The molecule has 20 heavy (non-hydrogen) atoms. The molecule has 1 aromatic heterocycles. The van der Waals surface area contributed by atoms with Crippen LogP contribution in [0, 0.1) is 5.92 Å². The van der Waals surface area contributed by atoms with Gasteiger partial charge in [-0.1, -0.05) is 6.92 Å². The Morgan fingerprint density at radius 1 is 1.20 bits per heavy atom. The first-order chi connectivity index (χ1) is 9.72. The maximum atomic E-state index is 11.5. The Bertz CT molecular complexity index is 459. The van der Waals surface area contributed by atoms with Gasteiger partial charge in [0.15, 0.2) is 0 Å². The van der Waals surface area contributed by atoms with E-state index in [4.69, 9.17) is 0 Å². The third kappa shape index (κ3) is 4.36. The van der Waals surface area contributed by atoms with Crippen molar-refractivity contribution < 1.29 is 4.79 Å². The summed E-state index contributed by atoms with van der Waals surface area (Å²) in [5, 5.41) is 9.34. The molecule has 1 aromatic rings. The summed E-state index contributed by atoms with van der Waals surface area (Å²) in [4.78, 5) is 20.3. The Morgan fingerprint density at radius 2 is 1.90 bits per heavy atom. The molecule has 1 heterocycles. The lowest BCUT2D eigenvalue weighted by Gasteiger charge is -2.10. The average molecular weight is 277 g/mol. The second-order valence-corrected chi connectivity index (χ2v) is 4.93. The highest BCUT2D eigenvalue weighted by Gasteiger charge is 2.28. The van der Waals surface area contributed by atoms with Crippen LogP contribution in [0.3, 0.4) is 0 Å². The van der Waals surface area contributed by atoms with Crippen LogP contribution in [0.1, 0.15) is 32.5 Å². The Labute approximate surface area is 119 Å². The molecule has 1 amide bonds. The molecular formula is C14H23N5O. The van der Waals surface area contributed by atoms with Crippen LogP contribution in [-0.2, 0) is 11.2 Å². The van der Waals surface area contributed by atoms with Crippen LogP contribution >= 0.6 is 0 Å². The molecule has 1 aliphatic rings. The molecule has 0 unspecified atom stereocenters. The molecule has 2 rings (SSSR count). The van der Waals surface area contributed by atoms with Gasteiger partial charge in [-0.2, -0.15) is 0 Å². The van der Waals surface area contributed by atoms with Crippen molar-refractivity contribution in [2.45, 2.75) is 33.1 Å². The Morgan fingerprint density at radius 3 is 2.50 bits per heavy atom. The first-order valence-electron chi connectivity index (χ1n) is 7.36. The van der Waals surface area contributed by atoms with Crippen LogP contribution < -0.4 is 16.0 Å². The average Bonchev–Trinajstić information content (AvgIpc) is 3.28. The second-order valence-electron chi connectivity index (χ2n) is 4.93. The molecule has 6 heteroatoms. The SMILES string of the molecule is CCNc1cc(NCCNC(=O)C2CC2)nc(CC)n1. The minimum Gasteiger partial charge on any atom is -0.370 e. The van der Waals surface area contributed by atoms with Crippen molar-refractivity contribution >= 4 is 17.5 Å². The van der Waals surface area contributed by atoms with Crippen molar-refractivity contribution in [3.8, 4) is 0 Å². The highest BCUT2D eigenvalue weighted by Crippen LogP contribution is 2.28. The molecule has 0 aromatic carbocycles. The number of aromatic nitrogens is 2. The third-order valence-corrected chi connectivity index (χ3v) is 3.13. The molecule has 0 aliphatic heterocycles. The maximum absolute atomic E-state index is 11.5. The summed E-state index contributed by atoms with van der Waals surface area (Å²) >= 11 is 0. The van der Waals surface area contributed by atoms with Gasteiger partial charge in [-0.15, -0.1) is 0 Å². The Balaban J connectivity index is 1.81. The summed E-state index contributed by atoms with van der Waals surface area (Å²) in [5.74, 6) is 2.89. The molecule has 0 spiro atoms. The van der Waals surface area contributed by atoms with Crippen LogP contribution in [0.4, 0.5) is 11.6 Å². The van der Waals surface area contributed by atoms with Crippen molar-refractivity contribution in [3.63, 3.8) is 0 Å². The van der Waals surface area contributed by atoms with E-state index in [2.05, 4.69) is 25.9 Å². The van der Waals surface area contributed by atoms with Gasteiger partial charge in [0.2, 0.25) is 5.91 Å². The van der Waals surface area contributed by atoms with E-state index in [0.29, 0.717) is 13.1 Å². The molecule has 0 atom stereocenters. The van der Waals surface area contributed by atoms with E-state index in [1.54, 1.807) is 0 Å². The first-order valence-corrected chi connectivity index (χ1v) is 7.36. The summed E-state index contributed by atoms with van der Waals surface area (Å²) in [6.45, 7) is 6.19. The maximum Gasteiger partial charge on any atom is 0.223 e. The summed E-state index contributed by atoms with van der Waals surface area (Å²) in [6.07, 6.45) is 2.88. The zero-order valence-corrected chi connectivity index (χ0v) is 12.2. The first kappa shape index (κ1) is 14.6. The Hall–Kier alpha value is -1.85. The van der Waals surface area contributed by atoms with Gasteiger partial charge >= 0.3 is 0 Å². The highest BCUT2D eigenvalue weighted by molar-refractivity contribution is 5.80. The van der Waals surface area contributed by atoms with Gasteiger partial charge in [-0.05, 0) is 19.8 Å². The van der Waals surface area contributed by atoms with E-state index < -0.39 is 0 Å². The zero-order chi connectivity index (χ0) is 14.4. The molecule has 0 saturated heterocycles. The minimum absolute atomic E-state index is 0.178. The topological polar surface area (TPSA) is 78.9 Å². The number of rotatable bonds is 8. The number of anilines is 2. The van der Waals surface area contributed by atoms with E-state index >= 15 is 0 Å². The number of amides is 1. The lowest BCUT2D eigenvalue weighted by atomic mass is 10.4. The van der Waals surface area contributed by atoms with E-state index in [0.717, 1.165) is 43.3 Å². The number of carbonyl (C=O) groups is 1. The van der Waals surface area contributed by atoms with Crippen LogP contribution in [0.2, 0.25) is 0 Å². The van der Waals surface area contributed by atoms with Crippen molar-refractivity contribution in [2.75, 3.05) is 30.3 Å². The fourth-order valence-electron chi connectivity index (χ4n) is 1.88. The fourth-order valence-corrected chi connectivity index (χ4v) is 1.88. The fraction of sp³-hybridized carbons (Fsp3) is 0.643. The Kier molecular flexibility index (Phi) is 5.15. The normalized spacial score (nSPS) is 13.9. The molecule has 0 radical (unpaired) electrons. The number of nitrogens with one attached hydrogen (secondary N) is 3. The lowest BCUT2D eigenvalue weighted by Crippen LogP contribution is -2.30. The molecule has 3 N–H and O–H groups in total. The van der Waals surface area contributed by atoms with Gasteiger partial charge in [-0.25, -0.2) is 9.97 Å². The molecular weight excluding hydrogens is 254 g/mol. The number of carbonyl (C=O) groups excluding carboxylic acids is 1. The van der Waals surface area contributed by atoms with E-state index in [1.165, 1.54) is 0 Å². The third-order valence-electron chi connectivity index (χ3n) is 3.13. The molecule has 6 nitrogen and oxygen atoms in total. The van der Waals surface area contributed by atoms with Crippen molar-refractivity contribution in [3.05, 3.63) is 11.9 Å². The van der Waals surface area contributed by atoms with Gasteiger partial charge in [0, 0.05) is 38.0 Å². The predicted molar refractivity (Wildman–Crippen MR) is 79.8 cm³/mol. The smallest absolute Gasteiger partial charge is 0.223 e. The molecule has 1 fully saturated rings. The standard InChI is InChI=1S/C14H23N5O/c1-3-11-18-12(15-4-2)9-13(19-11)16-7-8-17-14(20)10-5-6-10/h9-10H,3-8H2,1-2H3,(H,17,20)(H2,15,16,18,19). The second kappa shape index (κ2) is 7.07. The highest BCUT2D eigenvalue weighted by atomic mass is 16.2. The van der Waals surface area contributed by atoms with E-state index in [9.17, 15) is 4.79 Å². The number of nitrogens with zero attached hydrogens (tertiary/aromatic N) is 2. The van der Waals surface area contributed by atoms with Gasteiger partial charge in [-0.3, -0.25) is 4.79 Å². The summed E-state index contributed by atoms with van der Waals surface area (Å²) in [6, 6.07) is 1.89. The van der Waals surface area contributed by atoms with E-state index in [-0.39, 0.29) is 11.8 Å². The van der Waals surface area contributed by atoms with Gasteiger partial charge in [0.25, 0.3) is 0 Å². The number of aryl methyl sites for hydroxylation is 1. The van der Waals surface area contributed by atoms with Crippen LogP contribution in [0.5, 0.6) is 0 Å². The van der Waals surface area contributed by atoms with Crippen molar-refractivity contribution in [2.24, 2.45) is 5.92 Å². The minimum atomic E-state index is 0.178. The van der Waals surface area contributed by atoms with Crippen LogP contribution in [0.15, 0.2) is 6.07 Å². The zero-order valence-electron chi connectivity index (χ0n) is 12.2. The van der Waals surface area contributed by atoms with Gasteiger partial charge < -0.3 is 16.0 Å². The molecule has 110 valence electrons. The van der Waals surface area contributed by atoms with E-state index in [1.807, 2.05) is 19.9 Å². The molecule has 1 saturated carbocycles. The van der Waals surface area contributed by atoms with Crippen LogP contribution in [0.25, 0.3) is 0 Å². The van der Waals surface area contributed by atoms with Gasteiger partial charge in [0.1, 0.15) is 17.5 Å². The summed E-state index contributed by atoms with van der Waals surface area (Å²) < 4.78 is 0. The molecule has 0 bridgehead atoms. The van der Waals surface area contributed by atoms with Crippen molar-refractivity contribution in [1.82, 2.24) is 15.3 Å².